The summed E-state index contributed by atoms with van der Waals surface area (Å²) in [6.07, 6.45) is 1.14. The molecule has 3 amide bonds. The maximum Gasteiger partial charge on any atom is 0.243 e. The quantitative estimate of drug-likeness (QED) is 0.158. The Morgan fingerprint density at radius 2 is 1.44 bits per heavy atom. The molecule has 0 saturated heterocycles. The highest BCUT2D eigenvalue weighted by Crippen LogP contribution is 2.06. The van der Waals surface area contributed by atoms with Crippen molar-refractivity contribution in [3.05, 3.63) is 71.8 Å². The van der Waals surface area contributed by atoms with Gasteiger partial charge in [-0.25, -0.2) is 0 Å². The molecule has 9 heteroatoms. The van der Waals surface area contributed by atoms with Crippen molar-refractivity contribution in [3.63, 3.8) is 0 Å². The zero-order valence-corrected chi connectivity index (χ0v) is 17.8. The van der Waals surface area contributed by atoms with Crippen molar-refractivity contribution in [3.8, 4) is 0 Å². The maximum absolute atomic E-state index is 12.9. The summed E-state index contributed by atoms with van der Waals surface area (Å²) in [5.41, 5.74) is 12.5. The molecule has 2 aromatic rings. The van der Waals surface area contributed by atoms with Crippen LogP contribution in [0.5, 0.6) is 0 Å². The van der Waals surface area contributed by atoms with Gasteiger partial charge in [-0.1, -0.05) is 60.7 Å². The molecule has 0 aliphatic heterocycles. The van der Waals surface area contributed by atoms with Gasteiger partial charge in [-0.3, -0.25) is 19.8 Å². The van der Waals surface area contributed by atoms with E-state index in [1.54, 1.807) is 0 Å². The van der Waals surface area contributed by atoms with E-state index < -0.39 is 23.9 Å². The molecule has 0 bridgehead atoms. The van der Waals surface area contributed by atoms with Crippen LogP contribution in [0.3, 0.4) is 0 Å². The number of nitrogens with one attached hydrogen (secondary N) is 4. The number of carbonyl (C=O) groups excluding carboxylic acids is 3. The first-order valence-corrected chi connectivity index (χ1v) is 10.4. The van der Waals surface area contributed by atoms with E-state index in [1.165, 1.54) is 0 Å². The summed E-state index contributed by atoms with van der Waals surface area (Å²) >= 11 is 0. The minimum absolute atomic E-state index is 0.125. The van der Waals surface area contributed by atoms with Crippen LogP contribution >= 0.6 is 0 Å². The van der Waals surface area contributed by atoms with Crippen LogP contribution in [0.2, 0.25) is 0 Å². The first-order chi connectivity index (χ1) is 15.3. The largest absolute Gasteiger partial charge is 0.370 e. The van der Waals surface area contributed by atoms with Crippen molar-refractivity contribution in [2.24, 2.45) is 11.5 Å². The van der Waals surface area contributed by atoms with E-state index in [2.05, 4.69) is 16.0 Å². The van der Waals surface area contributed by atoms with E-state index in [0.29, 0.717) is 19.4 Å². The van der Waals surface area contributed by atoms with Gasteiger partial charge in [0.1, 0.15) is 12.1 Å². The minimum atomic E-state index is -0.909. The smallest absolute Gasteiger partial charge is 0.243 e. The molecule has 32 heavy (non-hydrogen) atoms. The SMILES string of the molecule is N=C(N)NCCC[C@H](NC(=O)Cc1ccccc1)C(=O)N[C@@H](Cc1ccccc1)C(N)=O. The highest BCUT2D eigenvalue weighted by molar-refractivity contribution is 5.92. The highest BCUT2D eigenvalue weighted by atomic mass is 16.2. The number of rotatable bonds is 12. The van der Waals surface area contributed by atoms with Gasteiger partial charge in [0, 0.05) is 13.0 Å². The van der Waals surface area contributed by atoms with Gasteiger partial charge in [0.2, 0.25) is 17.7 Å². The van der Waals surface area contributed by atoms with E-state index in [1.807, 2.05) is 60.7 Å². The number of guanidine groups is 1. The van der Waals surface area contributed by atoms with Gasteiger partial charge in [0.25, 0.3) is 0 Å². The normalized spacial score (nSPS) is 12.2. The predicted octanol–water partition coefficient (Wildman–Crippen LogP) is 0.190. The van der Waals surface area contributed by atoms with E-state index in [0.717, 1.165) is 11.1 Å². The Kier molecular flexibility index (Phi) is 9.70. The molecule has 0 radical (unpaired) electrons. The zero-order valence-electron chi connectivity index (χ0n) is 17.8. The summed E-state index contributed by atoms with van der Waals surface area (Å²) in [5, 5.41) is 15.3. The van der Waals surface area contributed by atoms with Crippen LogP contribution in [0.4, 0.5) is 0 Å². The number of benzene rings is 2. The molecule has 0 aliphatic carbocycles. The van der Waals surface area contributed by atoms with E-state index in [4.69, 9.17) is 16.9 Å². The number of primary amides is 1. The van der Waals surface area contributed by atoms with Crippen LogP contribution in [0, 0.1) is 5.41 Å². The van der Waals surface area contributed by atoms with Gasteiger partial charge in [0.05, 0.1) is 6.42 Å². The number of nitrogens with two attached hydrogens (primary N) is 2. The van der Waals surface area contributed by atoms with Gasteiger partial charge in [-0.05, 0) is 24.0 Å². The van der Waals surface area contributed by atoms with Crippen molar-refractivity contribution in [2.75, 3.05) is 6.54 Å². The Labute approximate surface area is 187 Å². The summed E-state index contributed by atoms with van der Waals surface area (Å²) in [7, 11) is 0. The van der Waals surface area contributed by atoms with Gasteiger partial charge in [0.15, 0.2) is 5.96 Å². The third kappa shape index (κ3) is 8.86. The number of carbonyl (C=O) groups is 3. The first-order valence-electron chi connectivity index (χ1n) is 10.4. The molecule has 2 rings (SSSR count). The van der Waals surface area contributed by atoms with E-state index >= 15 is 0 Å². The van der Waals surface area contributed by atoms with Crippen LogP contribution in [-0.4, -0.2) is 42.3 Å². The maximum atomic E-state index is 12.9. The summed E-state index contributed by atoms with van der Waals surface area (Å²) in [6.45, 7) is 0.372. The summed E-state index contributed by atoms with van der Waals surface area (Å²) in [5.74, 6) is -1.63. The third-order valence-electron chi connectivity index (χ3n) is 4.79. The van der Waals surface area contributed by atoms with Crippen molar-refractivity contribution in [1.29, 1.82) is 5.41 Å². The monoisotopic (exact) mass is 438 g/mol. The fourth-order valence-corrected chi connectivity index (χ4v) is 3.17. The molecular weight excluding hydrogens is 408 g/mol. The lowest BCUT2D eigenvalue weighted by molar-refractivity contribution is -0.131. The number of amides is 3. The molecule has 0 saturated carbocycles. The van der Waals surface area contributed by atoms with Crippen LogP contribution < -0.4 is 27.4 Å². The van der Waals surface area contributed by atoms with Crippen molar-refractivity contribution in [2.45, 2.75) is 37.8 Å². The number of hydrogen-bond donors (Lipinski definition) is 6. The lowest BCUT2D eigenvalue weighted by Gasteiger charge is -2.22. The Morgan fingerprint density at radius 1 is 0.844 bits per heavy atom. The second-order valence-corrected chi connectivity index (χ2v) is 7.42. The van der Waals surface area contributed by atoms with Crippen LogP contribution in [-0.2, 0) is 27.2 Å². The highest BCUT2D eigenvalue weighted by Gasteiger charge is 2.25. The van der Waals surface area contributed by atoms with Crippen LogP contribution in [0.15, 0.2) is 60.7 Å². The topological polar surface area (TPSA) is 163 Å². The Bertz CT molecular complexity index is 904. The Morgan fingerprint density at radius 3 is 2.00 bits per heavy atom. The average Bonchev–Trinajstić information content (AvgIpc) is 2.76. The second kappa shape index (κ2) is 12.7. The van der Waals surface area contributed by atoms with E-state index in [-0.39, 0.29) is 24.7 Å². The first kappa shape index (κ1) is 24.4. The summed E-state index contributed by atoms with van der Waals surface area (Å²) in [4.78, 5) is 37.4. The van der Waals surface area contributed by atoms with E-state index in [9.17, 15) is 14.4 Å². The van der Waals surface area contributed by atoms with Crippen LogP contribution in [0.25, 0.3) is 0 Å². The number of hydrogen-bond acceptors (Lipinski definition) is 4. The molecular formula is C23H30N6O3. The molecule has 8 N–H and O–H groups in total. The van der Waals surface area contributed by atoms with Gasteiger partial charge in [-0.15, -0.1) is 0 Å². The molecule has 0 fully saturated rings. The van der Waals surface area contributed by atoms with Crippen LogP contribution in [0.1, 0.15) is 24.0 Å². The third-order valence-corrected chi connectivity index (χ3v) is 4.79. The Hall–Kier alpha value is -3.88. The van der Waals surface area contributed by atoms with Crippen molar-refractivity contribution >= 4 is 23.7 Å². The van der Waals surface area contributed by atoms with Crippen molar-refractivity contribution in [1.82, 2.24) is 16.0 Å². The lowest BCUT2D eigenvalue weighted by atomic mass is 10.0. The van der Waals surface area contributed by atoms with Crippen molar-refractivity contribution < 1.29 is 14.4 Å². The van der Waals surface area contributed by atoms with Gasteiger partial charge in [-0.2, -0.15) is 0 Å². The minimum Gasteiger partial charge on any atom is -0.370 e. The Balaban J connectivity index is 2.03. The second-order valence-electron chi connectivity index (χ2n) is 7.42. The molecule has 0 aromatic heterocycles. The standard InChI is InChI=1S/C23H30N6O3/c24-21(31)19(14-16-8-3-1-4-9-16)29-22(32)18(12-7-13-27-23(25)26)28-20(30)15-17-10-5-2-6-11-17/h1-6,8-11,18-19H,7,12-15H2,(H2,24,31)(H,28,30)(H,29,32)(H4,25,26,27)/t18-,19-/m0/s1. The van der Waals surface area contributed by atoms with Gasteiger partial charge < -0.3 is 27.4 Å². The molecule has 0 aliphatic rings. The molecule has 170 valence electrons. The predicted molar refractivity (Wildman–Crippen MR) is 122 cm³/mol. The molecule has 0 heterocycles. The summed E-state index contributed by atoms with van der Waals surface area (Å²) < 4.78 is 0. The fraction of sp³-hybridized carbons (Fsp3) is 0.304. The molecule has 2 atom stereocenters. The molecule has 0 spiro atoms. The average molecular weight is 439 g/mol. The fourth-order valence-electron chi connectivity index (χ4n) is 3.17. The molecule has 0 unspecified atom stereocenters. The molecule has 2 aromatic carbocycles. The molecule has 9 nitrogen and oxygen atoms in total. The van der Waals surface area contributed by atoms with Gasteiger partial charge >= 0.3 is 0 Å². The lowest BCUT2D eigenvalue weighted by Crippen LogP contribution is -2.54. The zero-order chi connectivity index (χ0) is 23.3. The summed E-state index contributed by atoms with van der Waals surface area (Å²) in [6, 6.07) is 16.6.